The topological polar surface area (TPSA) is 106 Å². The molecule has 212 valence electrons. The van der Waals surface area contributed by atoms with E-state index >= 15 is 0 Å². The zero-order valence-corrected chi connectivity index (χ0v) is 24.8. The van der Waals surface area contributed by atoms with Crippen LogP contribution in [0.15, 0.2) is 12.4 Å². The van der Waals surface area contributed by atoms with Crippen molar-refractivity contribution in [3.63, 3.8) is 0 Å². The normalized spacial score (nSPS) is 21.8. The molecule has 38 heavy (non-hydrogen) atoms. The van der Waals surface area contributed by atoms with E-state index in [2.05, 4.69) is 15.3 Å². The van der Waals surface area contributed by atoms with E-state index in [9.17, 15) is 9.59 Å². The monoisotopic (exact) mass is 531 g/mol. The third-order valence-electron chi connectivity index (χ3n) is 7.49. The molecule has 0 saturated carbocycles. The molecule has 2 aliphatic rings. The Bertz CT molecular complexity index is 963. The van der Waals surface area contributed by atoms with E-state index in [0.29, 0.717) is 25.6 Å². The van der Waals surface area contributed by atoms with Gasteiger partial charge in [-0.15, -0.1) is 0 Å². The Kier molecular flexibility index (Phi) is 9.03. The summed E-state index contributed by atoms with van der Waals surface area (Å²) in [5.74, 6) is 0.744. The lowest BCUT2D eigenvalue weighted by molar-refractivity contribution is -0.136. The Morgan fingerprint density at radius 1 is 1.18 bits per heavy atom. The SMILES string of the molecule is CC(C)[C@@H](NC(=O)OC(C)(C)C)C(=O)N1CCC[C@@H](CN(C)c2ncc(B3OC(C)(C)C(C)(C)O3)cn2)C1. The van der Waals surface area contributed by atoms with E-state index < -0.39 is 36.1 Å². The molecule has 0 bridgehead atoms. The zero-order valence-electron chi connectivity index (χ0n) is 24.8. The van der Waals surface area contributed by atoms with Crippen LogP contribution in [-0.2, 0) is 18.8 Å². The third kappa shape index (κ3) is 7.37. The van der Waals surface area contributed by atoms with Gasteiger partial charge in [0.2, 0.25) is 11.9 Å². The number of nitrogens with one attached hydrogen (secondary N) is 1. The summed E-state index contributed by atoms with van der Waals surface area (Å²) in [6.45, 7) is 19.4. The molecule has 1 aromatic heterocycles. The number of carbonyl (C=O) groups is 2. The summed E-state index contributed by atoms with van der Waals surface area (Å²) >= 11 is 0. The molecule has 2 amide bonds. The molecule has 1 N–H and O–H groups in total. The van der Waals surface area contributed by atoms with Crippen LogP contribution in [0.3, 0.4) is 0 Å². The van der Waals surface area contributed by atoms with E-state index in [1.165, 1.54) is 0 Å². The van der Waals surface area contributed by atoms with Crippen molar-refractivity contribution in [2.75, 3.05) is 31.6 Å². The van der Waals surface area contributed by atoms with Crippen LogP contribution in [0.5, 0.6) is 0 Å². The van der Waals surface area contributed by atoms with E-state index in [-0.39, 0.29) is 17.7 Å². The fraction of sp³-hybridized carbons (Fsp3) is 0.778. The highest BCUT2D eigenvalue weighted by Crippen LogP contribution is 2.36. The number of alkyl carbamates (subject to hydrolysis) is 1. The number of amides is 2. The first-order valence-electron chi connectivity index (χ1n) is 13.7. The van der Waals surface area contributed by atoms with E-state index in [1.54, 1.807) is 33.2 Å². The van der Waals surface area contributed by atoms with Gasteiger partial charge in [0.05, 0.1) is 11.2 Å². The van der Waals surface area contributed by atoms with Gasteiger partial charge in [0.15, 0.2) is 0 Å². The van der Waals surface area contributed by atoms with E-state index in [1.807, 2.05) is 58.4 Å². The van der Waals surface area contributed by atoms with Crippen LogP contribution in [0.1, 0.15) is 75.2 Å². The molecule has 2 fully saturated rings. The van der Waals surface area contributed by atoms with Crippen LogP contribution >= 0.6 is 0 Å². The second-order valence-corrected chi connectivity index (χ2v) is 12.9. The summed E-state index contributed by atoms with van der Waals surface area (Å²) < 4.78 is 17.6. The van der Waals surface area contributed by atoms with Crippen LogP contribution in [0, 0.1) is 11.8 Å². The number of nitrogens with zero attached hydrogens (tertiary/aromatic N) is 4. The molecule has 0 spiro atoms. The lowest BCUT2D eigenvalue weighted by Crippen LogP contribution is -2.54. The summed E-state index contributed by atoms with van der Waals surface area (Å²) in [5.41, 5.74) is -0.685. The van der Waals surface area contributed by atoms with Crippen LogP contribution in [-0.4, -0.2) is 83.5 Å². The maximum Gasteiger partial charge on any atom is 0.498 e. The first kappa shape index (κ1) is 30.2. The van der Waals surface area contributed by atoms with Gasteiger partial charge in [-0.1, -0.05) is 13.8 Å². The maximum atomic E-state index is 13.4. The van der Waals surface area contributed by atoms with Crippen molar-refractivity contribution < 1.29 is 23.6 Å². The average Bonchev–Trinajstić information content (AvgIpc) is 3.02. The Labute approximate surface area is 228 Å². The summed E-state index contributed by atoms with van der Waals surface area (Å²) in [6, 6.07) is -0.632. The smallest absolute Gasteiger partial charge is 0.444 e. The van der Waals surface area contributed by atoms with Crippen molar-refractivity contribution in [2.45, 2.75) is 98.0 Å². The highest BCUT2D eigenvalue weighted by molar-refractivity contribution is 6.61. The number of hydrogen-bond donors (Lipinski definition) is 1. The first-order valence-corrected chi connectivity index (χ1v) is 13.7. The molecular formula is C27H46BN5O5. The number of piperidine rings is 1. The van der Waals surface area contributed by atoms with Crippen molar-refractivity contribution in [1.82, 2.24) is 20.2 Å². The van der Waals surface area contributed by atoms with Gasteiger partial charge in [0, 0.05) is 44.5 Å². The quantitative estimate of drug-likeness (QED) is 0.536. The summed E-state index contributed by atoms with van der Waals surface area (Å²) in [6.07, 6.45) is 4.86. The van der Waals surface area contributed by atoms with Crippen molar-refractivity contribution >= 4 is 30.5 Å². The molecule has 10 nitrogen and oxygen atoms in total. The lowest BCUT2D eigenvalue weighted by atomic mass is 9.81. The van der Waals surface area contributed by atoms with Crippen molar-refractivity contribution in [1.29, 1.82) is 0 Å². The molecule has 0 aromatic carbocycles. The first-order chi connectivity index (χ1) is 17.5. The number of hydrogen-bond acceptors (Lipinski definition) is 8. The van der Waals surface area contributed by atoms with Crippen LogP contribution in [0.2, 0.25) is 0 Å². The highest BCUT2D eigenvalue weighted by Gasteiger charge is 2.52. The summed E-state index contributed by atoms with van der Waals surface area (Å²) in [5, 5.41) is 2.79. The Hall–Kier alpha value is -2.40. The Morgan fingerprint density at radius 3 is 2.29 bits per heavy atom. The third-order valence-corrected chi connectivity index (χ3v) is 7.49. The predicted octanol–water partition coefficient (Wildman–Crippen LogP) is 3.00. The second kappa shape index (κ2) is 11.4. The highest BCUT2D eigenvalue weighted by atomic mass is 16.7. The molecule has 3 heterocycles. The van der Waals surface area contributed by atoms with Crippen molar-refractivity contribution in [3.05, 3.63) is 12.4 Å². The molecule has 2 saturated heterocycles. The molecule has 0 aliphatic carbocycles. The van der Waals surface area contributed by atoms with Gasteiger partial charge in [0.1, 0.15) is 11.6 Å². The van der Waals surface area contributed by atoms with Gasteiger partial charge in [0.25, 0.3) is 0 Å². The minimum absolute atomic E-state index is 0.0611. The largest absolute Gasteiger partial charge is 0.498 e. The fourth-order valence-electron chi connectivity index (χ4n) is 4.66. The van der Waals surface area contributed by atoms with Gasteiger partial charge in [-0.25, -0.2) is 14.8 Å². The second-order valence-electron chi connectivity index (χ2n) is 12.9. The molecule has 0 unspecified atom stereocenters. The van der Waals surface area contributed by atoms with Crippen LogP contribution in [0.4, 0.5) is 10.7 Å². The molecule has 0 radical (unpaired) electrons. The minimum atomic E-state index is -0.632. The van der Waals surface area contributed by atoms with Crippen molar-refractivity contribution in [2.24, 2.45) is 11.8 Å². The molecule has 11 heteroatoms. The molecule has 3 rings (SSSR count). The van der Waals surface area contributed by atoms with Gasteiger partial charge in [-0.3, -0.25) is 4.79 Å². The summed E-state index contributed by atoms with van der Waals surface area (Å²) in [7, 11) is 1.46. The number of carbonyl (C=O) groups excluding carboxylic acids is 2. The maximum absolute atomic E-state index is 13.4. The zero-order chi connectivity index (χ0) is 28.5. The molecule has 2 aliphatic heterocycles. The van der Waals surface area contributed by atoms with Gasteiger partial charge in [-0.05, 0) is 73.1 Å². The van der Waals surface area contributed by atoms with Crippen LogP contribution in [0.25, 0.3) is 0 Å². The number of likely N-dealkylation sites (tertiary alicyclic amines) is 1. The van der Waals surface area contributed by atoms with E-state index in [0.717, 1.165) is 18.3 Å². The van der Waals surface area contributed by atoms with Gasteiger partial charge < -0.3 is 29.2 Å². The number of rotatable bonds is 7. The molecular weight excluding hydrogens is 485 g/mol. The standard InChI is InChI=1S/C27H46BN5O5/c1-18(2)21(31-24(35)36-25(3,4)5)22(34)33-13-11-12-19(17-33)16-32(10)23-29-14-20(15-30-23)28-37-26(6,7)27(8,9)38-28/h14-15,18-19,21H,11-13,16-17H2,1-10H3,(H,31,35)/t19-,21+/m0/s1. The number of anilines is 1. The van der Waals surface area contributed by atoms with Crippen LogP contribution < -0.4 is 15.7 Å². The van der Waals surface area contributed by atoms with Gasteiger partial charge in [-0.2, -0.15) is 0 Å². The number of aromatic nitrogens is 2. The van der Waals surface area contributed by atoms with Gasteiger partial charge >= 0.3 is 13.2 Å². The minimum Gasteiger partial charge on any atom is -0.444 e. The molecule has 2 atom stereocenters. The average molecular weight is 532 g/mol. The predicted molar refractivity (Wildman–Crippen MR) is 148 cm³/mol. The fourth-order valence-corrected chi connectivity index (χ4v) is 4.66. The summed E-state index contributed by atoms with van der Waals surface area (Å²) in [4.78, 5) is 38.8. The lowest BCUT2D eigenvalue weighted by Gasteiger charge is -2.37. The van der Waals surface area contributed by atoms with E-state index in [4.69, 9.17) is 14.0 Å². The number of ether oxygens (including phenoxy) is 1. The Morgan fingerprint density at radius 2 is 1.76 bits per heavy atom. The van der Waals surface area contributed by atoms with Crippen molar-refractivity contribution in [3.8, 4) is 0 Å². The Balaban J connectivity index is 1.58. The molecule has 1 aromatic rings.